The summed E-state index contributed by atoms with van der Waals surface area (Å²) in [4.78, 5) is 28.0. The lowest BCUT2D eigenvalue weighted by atomic mass is 9.86. The van der Waals surface area contributed by atoms with Gasteiger partial charge in [-0.05, 0) is 53.6 Å². The summed E-state index contributed by atoms with van der Waals surface area (Å²) in [5.74, 6) is -0.180. The first kappa shape index (κ1) is 20.9. The van der Waals surface area contributed by atoms with Crippen molar-refractivity contribution >= 4 is 23.6 Å². The fraction of sp³-hybridized carbons (Fsp3) is 0.417. The zero-order valence-corrected chi connectivity index (χ0v) is 18.3. The van der Waals surface area contributed by atoms with Gasteiger partial charge in [-0.15, -0.1) is 11.8 Å². The Bertz CT molecular complexity index is 950. The highest BCUT2D eigenvalue weighted by molar-refractivity contribution is 7.99. The van der Waals surface area contributed by atoms with Crippen molar-refractivity contribution in [1.29, 1.82) is 0 Å². The molecule has 4 nitrogen and oxygen atoms in total. The Morgan fingerprint density at radius 1 is 1.10 bits per heavy atom. The molecule has 2 amide bonds. The van der Waals surface area contributed by atoms with Gasteiger partial charge in [-0.1, -0.05) is 45.0 Å². The summed E-state index contributed by atoms with van der Waals surface area (Å²) >= 11 is 1.50. The van der Waals surface area contributed by atoms with E-state index in [4.69, 9.17) is 0 Å². The molecule has 0 aromatic heterocycles. The molecule has 2 atom stereocenters. The summed E-state index contributed by atoms with van der Waals surface area (Å²) in [6, 6.07) is 13.5. The summed E-state index contributed by atoms with van der Waals surface area (Å²) in [6.45, 7) is 6.37. The molecule has 6 heteroatoms. The minimum Gasteiger partial charge on any atom is -0.352 e. The Labute approximate surface area is 181 Å². The van der Waals surface area contributed by atoms with Crippen LogP contribution in [-0.2, 0) is 10.2 Å². The van der Waals surface area contributed by atoms with Gasteiger partial charge >= 0.3 is 0 Å². The van der Waals surface area contributed by atoms with Crippen molar-refractivity contribution in [3.8, 4) is 0 Å². The van der Waals surface area contributed by atoms with Crippen LogP contribution in [-0.4, -0.2) is 34.6 Å². The number of carbonyl (C=O) groups excluding carboxylic acids is 2. The van der Waals surface area contributed by atoms with Gasteiger partial charge < -0.3 is 10.2 Å². The predicted molar refractivity (Wildman–Crippen MR) is 118 cm³/mol. The van der Waals surface area contributed by atoms with E-state index >= 15 is 0 Å². The molecule has 2 fully saturated rings. The van der Waals surface area contributed by atoms with Crippen LogP contribution in [0.5, 0.6) is 0 Å². The van der Waals surface area contributed by atoms with E-state index in [0.717, 1.165) is 18.4 Å². The molecule has 0 unspecified atom stereocenters. The number of amides is 2. The first-order valence-electron chi connectivity index (χ1n) is 10.3. The van der Waals surface area contributed by atoms with Crippen molar-refractivity contribution < 1.29 is 14.0 Å². The molecule has 0 radical (unpaired) electrons. The lowest BCUT2D eigenvalue weighted by molar-refractivity contribution is -0.125. The Morgan fingerprint density at radius 2 is 1.80 bits per heavy atom. The third-order valence-corrected chi connectivity index (χ3v) is 6.92. The van der Waals surface area contributed by atoms with Gasteiger partial charge in [-0.25, -0.2) is 4.39 Å². The number of hydrogen-bond acceptors (Lipinski definition) is 3. The van der Waals surface area contributed by atoms with Crippen molar-refractivity contribution in [3.63, 3.8) is 0 Å². The Morgan fingerprint density at radius 3 is 2.40 bits per heavy atom. The molecule has 1 aliphatic heterocycles. The zero-order chi connectivity index (χ0) is 21.5. The van der Waals surface area contributed by atoms with Gasteiger partial charge in [0.2, 0.25) is 5.91 Å². The SMILES string of the molecule is CC(C)(C)c1ccc(C(=O)N2[C@@H](C(=O)NC3CC3)CS[C@H]2c2cccc(F)c2)cc1. The highest BCUT2D eigenvalue weighted by Gasteiger charge is 2.43. The van der Waals surface area contributed by atoms with Crippen LogP contribution in [0.4, 0.5) is 4.39 Å². The molecule has 1 aliphatic carbocycles. The third-order valence-electron chi connectivity index (χ3n) is 5.59. The van der Waals surface area contributed by atoms with Crippen LogP contribution in [0, 0.1) is 5.82 Å². The van der Waals surface area contributed by atoms with Crippen molar-refractivity contribution in [1.82, 2.24) is 10.2 Å². The van der Waals surface area contributed by atoms with E-state index in [2.05, 4.69) is 26.1 Å². The zero-order valence-electron chi connectivity index (χ0n) is 17.5. The van der Waals surface area contributed by atoms with Gasteiger partial charge in [0.1, 0.15) is 17.2 Å². The molecule has 30 heavy (non-hydrogen) atoms. The van der Waals surface area contributed by atoms with E-state index in [-0.39, 0.29) is 29.1 Å². The van der Waals surface area contributed by atoms with E-state index in [0.29, 0.717) is 16.9 Å². The second-order valence-electron chi connectivity index (χ2n) is 9.08. The maximum absolute atomic E-state index is 13.9. The average Bonchev–Trinajstić information content (AvgIpc) is 3.40. The number of nitrogens with zero attached hydrogens (tertiary/aromatic N) is 1. The van der Waals surface area contributed by atoms with Crippen LogP contribution in [0.15, 0.2) is 48.5 Å². The maximum Gasteiger partial charge on any atom is 0.255 e. The minimum absolute atomic E-state index is 0.0120. The van der Waals surface area contributed by atoms with Crippen molar-refractivity contribution in [2.24, 2.45) is 0 Å². The molecule has 4 rings (SSSR count). The standard InChI is InChI=1S/C24H27FN2O2S/c1-24(2,3)17-9-7-15(8-10-17)22(29)27-20(21(28)26-19-11-12-19)14-30-23(27)16-5-4-6-18(25)13-16/h4-10,13,19-20,23H,11-12,14H2,1-3H3,(H,26,28)/t20-,23+/m1/s1. The molecule has 2 aromatic carbocycles. The quantitative estimate of drug-likeness (QED) is 0.774. The normalized spacial score (nSPS) is 21.5. The third kappa shape index (κ3) is 4.38. The summed E-state index contributed by atoms with van der Waals surface area (Å²) in [6.07, 6.45) is 1.97. The van der Waals surface area contributed by atoms with Crippen LogP contribution in [0.3, 0.4) is 0 Å². The molecule has 1 heterocycles. The van der Waals surface area contributed by atoms with E-state index in [1.165, 1.54) is 23.9 Å². The molecular formula is C24H27FN2O2S. The molecule has 2 aliphatic rings. The van der Waals surface area contributed by atoms with E-state index < -0.39 is 11.4 Å². The van der Waals surface area contributed by atoms with Crippen molar-refractivity contribution in [3.05, 3.63) is 71.0 Å². The fourth-order valence-electron chi connectivity index (χ4n) is 3.66. The highest BCUT2D eigenvalue weighted by atomic mass is 32.2. The van der Waals surface area contributed by atoms with Gasteiger partial charge in [0, 0.05) is 17.4 Å². The molecule has 158 valence electrons. The van der Waals surface area contributed by atoms with Crippen LogP contribution < -0.4 is 5.32 Å². The van der Waals surface area contributed by atoms with Crippen LogP contribution in [0.25, 0.3) is 0 Å². The number of benzene rings is 2. The van der Waals surface area contributed by atoms with Gasteiger partial charge in [0.15, 0.2) is 0 Å². The van der Waals surface area contributed by atoms with Gasteiger partial charge in [-0.3, -0.25) is 9.59 Å². The second-order valence-corrected chi connectivity index (χ2v) is 10.2. The summed E-state index contributed by atoms with van der Waals surface area (Å²) in [5.41, 5.74) is 2.36. The predicted octanol–water partition coefficient (Wildman–Crippen LogP) is 4.66. The molecule has 1 saturated heterocycles. The Balaban J connectivity index is 1.65. The van der Waals surface area contributed by atoms with Gasteiger partial charge in [0.05, 0.1) is 0 Å². The Hall–Kier alpha value is -2.34. The van der Waals surface area contributed by atoms with E-state index in [1.807, 2.05) is 30.3 Å². The van der Waals surface area contributed by atoms with Crippen LogP contribution in [0.1, 0.15) is 60.5 Å². The lowest BCUT2D eigenvalue weighted by Crippen LogP contribution is -2.48. The number of thioether (sulfide) groups is 1. The molecule has 1 N–H and O–H groups in total. The number of hydrogen-bond donors (Lipinski definition) is 1. The minimum atomic E-state index is -0.571. The monoisotopic (exact) mass is 426 g/mol. The van der Waals surface area contributed by atoms with E-state index in [9.17, 15) is 14.0 Å². The van der Waals surface area contributed by atoms with E-state index in [1.54, 1.807) is 11.0 Å². The number of rotatable bonds is 4. The summed E-state index contributed by atoms with van der Waals surface area (Å²) in [7, 11) is 0. The number of carbonyl (C=O) groups is 2. The molecule has 0 bridgehead atoms. The Kier molecular flexibility index (Phi) is 5.62. The van der Waals surface area contributed by atoms with Gasteiger partial charge in [0.25, 0.3) is 5.91 Å². The molecule has 0 spiro atoms. The largest absolute Gasteiger partial charge is 0.352 e. The molecule has 2 aromatic rings. The highest BCUT2D eigenvalue weighted by Crippen LogP contribution is 2.42. The average molecular weight is 427 g/mol. The molecule has 1 saturated carbocycles. The topological polar surface area (TPSA) is 49.4 Å². The van der Waals surface area contributed by atoms with Crippen LogP contribution >= 0.6 is 11.8 Å². The first-order chi connectivity index (χ1) is 14.2. The lowest BCUT2D eigenvalue weighted by Gasteiger charge is -2.29. The smallest absolute Gasteiger partial charge is 0.255 e. The molecular weight excluding hydrogens is 399 g/mol. The number of nitrogens with one attached hydrogen (secondary N) is 1. The summed E-state index contributed by atoms with van der Waals surface area (Å²) < 4.78 is 13.9. The van der Waals surface area contributed by atoms with Crippen molar-refractivity contribution in [2.45, 2.75) is 56.5 Å². The van der Waals surface area contributed by atoms with Gasteiger partial charge in [-0.2, -0.15) is 0 Å². The maximum atomic E-state index is 13.9. The van der Waals surface area contributed by atoms with Crippen molar-refractivity contribution in [2.75, 3.05) is 5.75 Å². The fourth-order valence-corrected chi connectivity index (χ4v) is 5.08. The first-order valence-corrected chi connectivity index (χ1v) is 11.4. The second kappa shape index (κ2) is 8.06. The summed E-state index contributed by atoms with van der Waals surface area (Å²) in [5, 5.41) is 2.63. The van der Waals surface area contributed by atoms with Crippen LogP contribution in [0.2, 0.25) is 0 Å². The number of halogens is 1.